The maximum Gasteiger partial charge on any atom is 0.305 e. The number of aliphatic carboxylic acids is 1. The van der Waals surface area contributed by atoms with Crippen LogP contribution in [-0.2, 0) is 19.4 Å². The Morgan fingerprint density at radius 2 is 1.83 bits per heavy atom. The summed E-state index contributed by atoms with van der Waals surface area (Å²) in [4.78, 5) is 24.2. The Morgan fingerprint density at radius 3 is 2.17 bits per heavy atom. The van der Waals surface area contributed by atoms with Crippen molar-refractivity contribution < 1.29 is 23.1 Å². The molecule has 1 saturated carbocycles. The molecule has 1 rings (SSSR count). The molecule has 1 N–H and O–H groups in total. The van der Waals surface area contributed by atoms with E-state index < -0.39 is 26.5 Å². The van der Waals surface area contributed by atoms with Crippen LogP contribution >= 0.6 is 0 Å². The maximum atomic E-state index is 12.3. The number of carboxylic acid groups (broad SMARTS) is 1. The highest BCUT2D eigenvalue weighted by atomic mass is 32.2. The van der Waals surface area contributed by atoms with E-state index in [1.54, 1.807) is 0 Å². The zero-order valence-electron chi connectivity index (χ0n) is 10.8. The lowest BCUT2D eigenvalue weighted by Gasteiger charge is -2.30. The van der Waals surface area contributed by atoms with Gasteiger partial charge in [-0.25, -0.2) is 8.42 Å². The third-order valence-corrected chi connectivity index (χ3v) is 5.29. The van der Waals surface area contributed by atoms with Crippen LogP contribution in [0.3, 0.4) is 0 Å². The Morgan fingerprint density at radius 1 is 1.33 bits per heavy atom. The molecular formula is C11H19NO5S. The van der Waals surface area contributed by atoms with Crippen molar-refractivity contribution in [1.29, 1.82) is 0 Å². The second-order valence-electron chi connectivity index (χ2n) is 5.16. The van der Waals surface area contributed by atoms with Crippen molar-refractivity contribution >= 4 is 21.7 Å². The van der Waals surface area contributed by atoms with Crippen LogP contribution in [0.1, 0.15) is 33.1 Å². The lowest BCUT2D eigenvalue weighted by atomic mass is 10.1. The molecule has 0 atom stereocenters. The van der Waals surface area contributed by atoms with E-state index in [9.17, 15) is 18.0 Å². The Kier molecular flexibility index (Phi) is 4.05. The van der Waals surface area contributed by atoms with E-state index in [1.807, 2.05) is 0 Å². The molecular weight excluding hydrogens is 258 g/mol. The molecule has 6 nitrogen and oxygen atoms in total. The molecule has 1 aliphatic carbocycles. The van der Waals surface area contributed by atoms with Gasteiger partial charge in [0, 0.05) is 18.8 Å². The van der Waals surface area contributed by atoms with Gasteiger partial charge in [0.2, 0.25) is 5.91 Å². The fraction of sp³-hybridized carbons (Fsp3) is 0.818. The molecule has 1 fully saturated rings. The largest absolute Gasteiger partial charge is 0.481 e. The summed E-state index contributed by atoms with van der Waals surface area (Å²) in [5.74, 6) is -1.50. The summed E-state index contributed by atoms with van der Waals surface area (Å²) < 4.78 is 21.7. The van der Waals surface area contributed by atoms with Crippen molar-refractivity contribution in [2.75, 3.05) is 12.8 Å². The highest BCUT2D eigenvalue weighted by molar-refractivity contribution is 7.92. The van der Waals surface area contributed by atoms with Gasteiger partial charge in [-0.05, 0) is 26.7 Å². The molecule has 0 aromatic heterocycles. The second-order valence-corrected chi connectivity index (χ2v) is 7.72. The number of rotatable bonds is 6. The molecule has 0 unspecified atom stereocenters. The molecule has 0 aliphatic heterocycles. The molecule has 0 spiro atoms. The number of carboxylic acids is 1. The first-order chi connectivity index (χ1) is 8.07. The van der Waals surface area contributed by atoms with Crippen LogP contribution in [0.15, 0.2) is 0 Å². The molecule has 0 aromatic carbocycles. The van der Waals surface area contributed by atoms with Crippen LogP contribution in [0.2, 0.25) is 0 Å². The molecule has 1 amide bonds. The van der Waals surface area contributed by atoms with Crippen LogP contribution in [0.25, 0.3) is 0 Å². The van der Waals surface area contributed by atoms with Gasteiger partial charge >= 0.3 is 5.97 Å². The van der Waals surface area contributed by atoms with Crippen molar-refractivity contribution in [2.24, 2.45) is 0 Å². The van der Waals surface area contributed by atoms with Crippen LogP contribution in [0, 0.1) is 0 Å². The summed E-state index contributed by atoms with van der Waals surface area (Å²) in [6.07, 6.45) is 2.48. The minimum atomic E-state index is -3.53. The number of carbonyl (C=O) groups excluding carboxylic acids is 1. The topological polar surface area (TPSA) is 91.8 Å². The lowest BCUT2D eigenvalue weighted by molar-refractivity contribution is -0.139. The Labute approximate surface area is 107 Å². The van der Waals surface area contributed by atoms with Gasteiger partial charge in [-0.15, -0.1) is 0 Å². The molecule has 0 saturated heterocycles. The summed E-state index contributed by atoms with van der Waals surface area (Å²) in [6, 6.07) is -0.00197. The van der Waals surface area contributed by atoms with E-state index in [2.05, 4.69) is 0 Å². The minimum absolute atomic E-state index is 0.00197. The van der Waals surface area contributed by atoms with Gasteiger partial charge < -0.3 is 10.0 Å². The van der Waals surface area contributed by atoms with Gasteiger partial charge in [0.05, 0.1) is 6.42 Å². The van der Waals surface area contributed by atoms with Crippen LogP contribution in [0.4, 0.5) is 0 Å². The Bertz CT molecular complexity index is 450. The third-order valence-electron chi connectivity index (χ3n) is 3.26. The van der Waals surface area contributed by atoms with Gasteiger partial charge in [0.25, 0.3) is 0 Å². The summed E-state index contributed by atoms with van der Waals surface area (Å²) in [5.41, 5.74) is 0. The minimum Gasteiger partial charge on any atom is -0.481 e. The van der Waals surface area contributed by atoms with Crippen molar-refractivity contribution in [3.63, 3.8) is 0 Å². The predicted molar refractivity (Wildman–Crippen MR) is 65.9 cm³/mol. The van der Waals surface area contributed by atoms with Gasteiger partial charge in [-0.3, -0.25) is 9.59 Å². The van der Waals surface area contributed by atoms with E-state index >= 15 is 0 Å². The highest BCUT2D eigenvalue weighted by Crippen LogP contribution is 2.30. The zero-order chi connectivity index (χ0) is 14.1. The van der Waals surface area contributed by atoms with Crippen molar-refractivity contribution in [3.8, 4) is 0 Å². The summed E-state index contributed by atoms with van der Waals surface area (Å²) in [5, 5.41) is 8.65. The average molecular weight is 277 g/mol. The van der Waals surface area contributed by atoms with E-state index in [0.29, 0.717) is 0 Å². The number of amides is 1. The molecule has 7 heteroatoms. The molecule has 1 aliphatic rings. The SMILES string of the molecule is CC(C)(C(=O)N(CCC(=O)O)C1CC1)S(C)(=O)=O. The first-order valence-corrected chi connectivity index (χ1v) is 7.69. The average Bonchev–Trinajstić information content (AvgIpc) is 2.99. The second kappa shape index (κ2) is 4.87. The summed E-state index contributed by atoms with van der Waals surface area (Å²) in [7, 11) is -3.53. The van der Waals surface area contributed by atoms with Gasteiger partial charge in [-0.1, -0.05) is 0 Å². The monoisotopic (exact) mass is 277 g/mol. The molecule has 0 bridgehead atoms. The number of sulfone groups is 1. The fourth-order valence-corrected chi connectivity index (χ4v) is 1.99. The molecule has 0 radical (unpaired) electrons. The normalized spacial score (nSPS) is 16.4. The highest BCUT2D eigenvalue weighted by Gasteiger charge is 2.45. The smallest absolute Gasteiger partial charge is 0.305 e. The molecule has 104 valence electrons. The number of nitrogens with zero attached hydrogens (tertiary/aromatic N) is 1. The number of hydrogen-bond acceptors (Lipinski definition) is 4. The van der Waals surface area contributed by atoms with Crippen molar-refractivity contribution in [1.82, 2.24) is 4.90 Å². The summed E-state index contributed by atoms with van der Waals surface area (Å²) >= 11 is 0. The maximum absolute atomic E-state index is 12.3. The van der Waals surface area contributed by atoms with E-state index in [0.717, 1.165) is 19.1 Å². The first kappa shape index (κ1) is 14.9. The predicted octanol–water partition coefficient (Wildman–Crippen LogP) is 0.275. The van der Waals surface area contributed by atoms with Gasteiger partial charge in [-0.2, -0.15) is 0 Å². The van der Waals surface area contributed by atoms with E-state index in [4.69, 9.17) is 5.11 Å². The van der Waals surface area contributed by atoms with Crippen LogP contribution in [-0.4, -0.2) is 53.9 Å². The van der Waals surface area contributed by atoms with Crippen molar-refractivity contribution in [2.45, 2.75) is 43.9 Å². The molecule has 18 heavy (non-hydrogen) atoms. The van der Waals surface area contributed by atoms with Gasteiger partial charge in [0.1, 0.15) is 4.75 Å². The van der Waals surface area contributed by atoms with Crippen LogP contribution in [0.5, 0.6) is 0 Å². The van der Waals surface area contributed by atoms with Crippen molar-refractivity contribution in [3.05, 3.63) is 0 Å². The lowest BCUT2D eigenvalue weighted by Crippen LogP contribution is -2.51. The Balaban J connectivity index is 2.86. The number of carbonyl (C=O) groups is 2. The Hall–Kier alpha value is -1.11. The number of hydrogen-bond donors (Lipinski definition) is 1. The zero-order valence-corrected chi connectivity index (χ0v) is 11.7. The standard InChI is InChI=1S/C11H19NO5S/c1-11(2,18(3,16)17)10(15)12(8-4-5-8)7-6-9(13)14/h8H,4-7H2,1-3H3,(H,13,14). The fourth-order valence-electron chi connectivity index (χ4n) is 1.56. The van der Waals surface area contributed by atoms with Gasteiger partial charge in [0.15, 0.2) is 9.84 Å². The van der Waals surface area contributed by atoms with E-state index in [1.165, 1.54) is 18.7 Å². The third kappa shape index (κ3) is 3.22. The van der Waals surface area contributed by atoms with Crippen LogP contribution < -0.4 is 0 Å². The molecule has 0 heterocycles. The quantitative estimate of drug-likeness (QED) is 0.752. The summed E-state index contributed by atoms with van der Waals surface area (Å²) in [6.45, 7) is 2.79. The first-order valence-electron chi connectivity index (χ1n) is 5.80. The van der Waals surface area contributed by atoms with E-state index in [-0.39, 0.29) is 19.0 Å². The molecule has 0 aromatic rings.